The second kappa shape index (κ2) is 6.94. The number of aliphatic carboxylic acids is 1. The van der Waals surface area contributed by atoms with E-state index in [9.17, 15) is 14.4 Å². The summed E-state index contributed by atoms with van der Waals surface area (Å²) < 4.78 is 4.56. The molecule has 0 aliphatic rings. The number of hydrogen-bond donors (Lipinski definition) is 2. The van der Waals surface area contributed by atoms with Gasteiger partial charge in [0.1, 0.15) is 18.2 Å². The van der Waals surface area contributed by atoms with Gasteiger partial charge in [-0.25, -0.2) is 0 Å². The molecular formula is C9H15NO5. The van der Waals surface area contributed by atoms with E-state index in [0.717, 1.165) is 0 Å². The number of hydrogen-bond acceptors (Lipinski definition) is 5. The first-order chi connectivity index (χ1) is 6.97. The van der Waals surface area contributed by atoms with Crippen molar-refractivity contribution in [3.05, 3.63) is 0 Å². The lowest BCUT2D eigenvalue weighted by Crippen LogP contribution is -2.30. The molecule has 0 rings (SSSR count). The molecule has 0 unspecified atom stereocenters. The molecule has 0 aromatic carbocycles. The van der Waals surface area contributed by atoms with Gasteiger partial charge in [0.15, 0.2) is 0 Å². The number of Topliss-reactive ketones (excluding diaryl/α,β-unsaturated/α-hetero) is 1. The van der Waals surface area contributed by atoms with Gasteiger partial charge in [-0.15, -0.1) is 0 Å². The molecule has 0 spiro atoms. The van der Waals surface area contributed by atoms with Gasteiger partial charge in [-0.2, -0.15) is 0 Å². The number of ketones is 1. The Morgan fingerprint density at radius 1 is 1.40 bits per heavy atom. The maximum atomic E-state index is 11.1. The average Bonchev–Trinajstić information content (AvgIpc) is 2.14. The molecule has 0 bridgehead atoms. The fourth-order valence-electron chi connectivity index (χ4n) is 0.901. The number of rotatable bonds is 7. The predicted molar refractivity (Wildman–Crippen MR) is 51.1 cm³/mol. The van der Waals surface area contributed by atoms with Gasteiger partial charge in [-0.1, -0.05) is 0 Å². The third-order valence-corrected chi connectivity index (χ3v) is 1.70. The molecule has 15 heavy (non-hydrogen) atoms. The Hall–Kier alpha value is -1.43. The molecule has 0 saturated carbocycles. The SMILES string of the molecule is CCOC(=O)CC(=O)CC[C@H](N)C(=O)O. The maximum Gasteiger partial charge on any atom is 0.320 e. The maximum absolute atomic E-state index is 11.1. The topological polar surface area (TPSA) is 107 Å². The van der Waals surface area contributed by atoms with E-state index in [-0.39, 0.29) is 31.7 Å². The van der Waals surface area contributed by atoms with E-state index in [2.05, 4.69) is 4.74 Å². The molecule has 6 heteroatoms. The lowest BCUT2D eigenvalue weighted by molar-refractivity contribution is -0.145. The zero-order chi connectivity index (χ0) is 11.8. The molecule has 0 aliphatic carbocycles. The number of carboxylic acids is 1. The summed E-state index contributed by atoms with van der Waals surface area (Å²) in [5.41, 5.74) is 5.19. The van der Waals surface area contributed by atoms with Crippen molar-refractivity contribution in [1.29, 1.82) is 0 Å². The average molecular weight is 217 g/mol. The minimum Gasteiger partial charge on any atom is -0.480 e. The second-order valence-corrected chi connectivity index (χ2v) is 3.00. The van der Waals surface area contributed by atoms with E-state index < -0.39 is 18.0 Å². The Morgan fingerprint density at radius 2 is 2.00 bits per heavy atom. The molecule has 0 radical (unpaired) electrons. The van der Waals surface area contributed by atoms with Gasteiger partial charge >= 0.3 is 11.9 Å². The molecule has 0 saturated heterocycles. The van der Waals surface area contributed by atoms with Crippen molar-refractivity contribution in [3.8, 4) is 0 Å². The fraction of sp³-hybridized carbons (Fsp3) is 0.667. The van der Waals surface area contributed by atoms with Crippen LogP contribution in [0.2, 0.25) is 0 Å². The van der Waals surface area contributed by atoms with Crippen LogP contribution in [0.5, 0.6) is 0 Å². The molecule has 0 amide bonds. The predicted octanol–water partition coefficient (Wildman–Crippen LogP) is -0.299. The summed E-state index contributed by atoms with van der Waals surface area (Å²) in [6.45, 7) is 1.86. The highest BCUT2D eigenvalue weighted by molar-refractivity contribution is 5.95. The molecule has 0 fully saturated rings. The normalized spacial score (nSPS) is 11.9. The second-order valence-electron chi connectivity index (χ2n) is 3.00. The van der Waals surface area contributed by atoms with Crippen molar-refractivity contribution in [3.63, 3.8) is 0 Å². The summed E-state index contributed by atoms with van der Waals surface area (Å²) >= 11 is 0. The van der Waals surface area contributed by atoms with Crippen LogP contribution in [0.4, 0.5) is 0 Å². The number of carboxylic acid groups (broad SMARTS) is 1. The first kappa shape index (κ1) is 13.6. The van der Waals surface area contributed by atoms with Gasteiger partial charge < -0.3 is 15.6 Å². The Morgan fingerprint density at radius 3 is 2.47 bits per heavy atom. The summed E-state index contributed by atoms with van der Waals surface area (Å²) in [7, 11) is 0. The van der Waals surface area contributed by atoms with Gasteiger partial charge in [-0.05, 0) is 13.3 Å². The van der Waals surface area contributed by atoms with Crippen LogP contribution in [0, 0.1) is 0 Å². The summed E-state index contributed by atoms with van der Waals surface area (Å²) in [6, 6.07) is -1.06. The van der Waals surface area contributed by atoms with Crippen molar-refractivity contribution >= 4 is 17.7 Å². The smallest absolute Gasteiger partial charge is 0.320 e. The van der Waals surface area contributed by atoms with Crippen molar-refractivity contribution in [1.82, 2.24) is 0 Å². The van der Waals surface area contributed by atoms with Crippen LogP contribution in [-0.2, 0) is 19.1 Å². The molecule has 0 heterocycles. The van der Waals surface area contributed by atoms with E-state index in [1.807, 2.05) is 0 Å². The zero-order valence-corrected chi connectivity index (χ0v) is 8.56. The first-order valence-corrected chi connectivity index (χ1v) is 4.63. The minimum absolute atomic E-state index is 0.0215. The highest BCUT2D eigenvalue weighted by Crippen LogP contribution is 2.00. The van der Waals surface area contributed by atoms with Gasteiger partial charge in [0, 0.05) is 6.42 Å². The molecular weight excluding hydrogens is 202 g/mol. The van der Waals surface area contributed by atoms with Crippen LogP contribution < -0.4 is 5.73 Å². The molecule has 3 N–H and O–H groups in total. The number of esters is 1. The molecule has 86 valence electrons. The minimum atomic E-state index is -1.15. The Balaban J connectivity index is 3.75. The highest BCUT2D eigenvalue weighted by Gasteiger charge is 2.15. The molecule has 0 aromatic heterocycles. The van der Waals surface area contributed by atoms with Crippen molar-refractivity contribution in [2.45, 2.75) is 32.2 Å². The monoisotopic (exact) mass is 217 g/mol. The summed E-state index contributed by atoms with van der Waals surface area (Å²) in [6.07, 6.45) is -0.306. The number of ether oxygens (including phenoxy) is 1. The van der Waals surface area contributed by atoms with Crippen molar-refractivity contribution in [2.75, 3.05) is 6.61 Å². The van der Waals surface area contributed by atoms with E-state index in [1.54, 1.807) is 6.92 Å². The summed E-state index contributed by atoms with van der Waals surface area (Å²) in [4.78, 5) is 32.3. The van der Waals surface area contributed by atoms with Crippen molar-refractivity contribution in [2.24, 2.45) is 5.73 Å². The molecule has 0 aromatic rings. The molecule has 0 aliphatic heterocycles. The van der Waals surface area contributed by atoms with Crippen LogP contribution in [-0.4, -0.2) is 35.5 Å². The van der Waals surface area contributed by atoms with Crippen LogP contribution in [0.1, 0.15) is 26.2 Å². The van der Waals surface area contributed by atoms with E-state index in [0.29, 0.717) is 0 Å². The molecule has 6 nitrogen and oxygen atoms in total. The van der Waals surface area contributed by atoms with Crippen molar-refractivity contribution < 1.29 is 24.2 Å². The van der Waals surface area contributed by atoms with Gasteiger partial charge in [-0.3, -0.25) is 14.4 Å². The van der Waals surface area contributed by atoms with Crippen LogP contribution >= 0.6 is 0 Å². The van der Waals surface area contributed by atoms with Crippen LogP contribution in [0.15, 0.2) is 0 Å². The van der Waals surface area contributed by atoms with E-state index in [4.69, 9.17) is 10.8 Å². The van der Waals surface area contributed by atoms with Gasteiger partial charge in [0.05, 0.1) is 6.61 Å². The lowest BCUT2D eigenvalue weighted by atomic mass is 10.1. The van der Waals surface area contributed by atoms with Gasteiger partial charge in [0.2, 0.25) is 0 Å². The van der Waals surface area contributed by atoms with Gasteiger partial charge in [0.25, 0.3) is 0 Å². The summed E-state index contributed by atoms with van der Waals surface area (Å²) in [5, 5.41) is 8.43. The third-order valence-electron chi connectivity index (χ3n) is 1.70. The standard InChI is InChI=1S/C9H15NO5/c1-2-15-8(12)5-6(11)3-4-7(10)9(13)14/h7H,2-5,10H2,1H3,(H,13,14)/t7-/m0/s1. The van der Waals surface area contributed by atoms with Crippen LogP contribution in [0.25, 0.3) is 0 Å². The van der Waals surface area contributed by atoms with E-state index >= 15 is 0 Å². The number of nitrogens with two attached hydrogens (primary N) is 1. The summed E-state index contributed by atoms with van der Waals surface area (Å²) in [5.74, 6) is -2.10. The molecule has 1 atom stereocenters. The number of carbonyl (C=O) groups is 3. The fourth-order valence-corrected chi connectivity index (χ4v) is 0.901. The third kappa shape index (κ3) is 6.62. The lowest BCUT2D eigenvalue weighted by Gasteiger charge is -2.05. The first-order valence-electron chi connectivity index (χ1n) is 4.63. The zero-order valence-electron chi connectivity index (χ0n) is 8.56. The van der Waals surface area contributed by atoms with E-state index in [1.165, 1.54) is 0 Å². The highest BCUT2D eigenvalue weighted by atomic mass is 16.5. The Bertz CT molecular complexity index is 251. The van der Waals surface area contributed by atoms with Crippen LogP contribution in [0.3, 0.4) is 0 Å². The Labute approximate surface area is 87.4 Å². The Kier molecular flexibility index (Phi) is 6.28. The quantitative estimate of drug-likeness (QED) is 0.448. The number of carbonyl (C=O) groups excluding carboxylic acids is 2. The largest absolute Gasteiger partial charge is 0.480 e.